The molecule has 1 fully saturated rings. The van der Waals surface area contributed by atoms with E-state index in [1.165, 1.54) is 43.7 Å². The topological polar surface area (TPSA) is 87.5 Å². The number of fused-ring (bicyclic) bond motifs is 1. The molecule has 2 N–H and O–H groups in total. The van der Waals surface area contributed by atoms with E-state index in [0.717, 1.165) is 10.1 Å². The number of H-pyrrole nitrogens is 1. The third-order valence-electron chi connectivity index (χ3n) is 5.07. The standard InChI is InChI=1S/C19H18BrN3O3/c20-17-16(19(25)26)18-21-14(10-15(24)23(18)22-17)13-8-6-12(7-9-13)11-4-2-1-3-5-11/h6-11,22H,1-5H2,(H,25,26). The minimum Gasteiger partial charge on any atom is -0.477 e. The molecule has 2 aromatic heterocycles. The van der Waals surface area contributed by atoms with Gasteiger partial charge in [-0.15, -0.1) is 0 Å². The highest BCUT2D eigenvalue weighted by atomic mass is 79.9. The van der Waals surface area contributed by atoms with E-state index in [1.54, 1.807) is 0 Å². The van der Waals surface area contributed by atoms with Crippen LogP contribution < -0.4 is 5.56 Å². The third-order valence-corrected chi connectivity index (χ3v) is 5.64. The number of nitrogens with zero attached hydrogens (tertiary/aromatic N) is 2. The molecule has 134 valence electrons. The van der Waals surface area contributed by atoms with Crippen LogP contribution in [0, 0.1) is 0 Å². The number of aromatic nitrogens is 3. The van der Waals surface area contributed by atoms with E-state index in [2.05, 4.69) is 38.1 Å². The smallest absolute Gasteiger partial charge is 0.342 e. The van der Waals surface area contributed by atoms with E-state index in [1.807, 2.05) is 12.1 Å². The highest BCUT2D eigenvalue weighted by molar-refractivity contribution is 9.10. The van der Waals surface area contributed by atoms with E-state index < -0.39 is 5.97 Å². The molecule has 0 spiro atoms. The molecule has 0 atom stereocenters. The molecule has 0 unspecified atom stereocenters. The fourth-order valence-corrected chi connectivity index (χ4v) is 4.23. The number of carboxylic acids is 1. The lowest BCUT2D eigenvalue weighted by atomic mass is 9.84. The van der Waals surface area contributed by atoms with Crippen LogP contribution in [0.25, 0.3) is 16.9 Å². The van der Waals surface area contributed by atoms with Gasteiger partial charge < -0.3 is 5.11 Å². The lowest BCUT2D eigenvalue weighted by molar-refractivity contribution is 0.0698. The number of carboxylic acid groups (broad SMARTS) is 1. The molecule has 6 nitrogen and oxygen atoms in total. The number of halogens is 1. The summed E-state index contributed by atoms with van der Waals surface area (Å²) in [5, 5.41) is 12.1. The number of rotatable bonds is 3. The Morgan fingerprint density at radius 3 is 2.54 bits per heavy atom. The average Bonchev–Trinajstić information content (AvgIpc) is 2.99. The summed E-state index contributed by atoms with van der Waals surface area (Å²) in [5.74, 6) is -0.537. The molecule has 2 heterocycles. The van der Waals surface area contributed by atoms with Gasteiger partial charge >= 0.3 is 5.97 Å². The second kappa shape index (κ2) is 6.72. The molecular formula is C19H18BrN3O3. The summed E-state index contributed by atoms with van der Waals surface area (Å²) >= 11 is 3.14. The van der Waals surface area contributed by atoms with Crippen LogP contribution in [0.2, 0.25) is 0 Å². The van der Waals surface area contributed by atoms with Crippen LogP contribution >= 0.6 is 15.9 Å². The van der Waals surface area contributed by atoms with E-state index in [0.29, 0.717) is 11.6 Å². The first-order valence-electron chi connectivity index (χ1n) is 8.69. The fraction of sp³-hybridized carbons (Fsp3) is 0.316. The SMILES string of the molecule is O=C(O)c1c(Br)[nH]n2c(=O)cc(-c3ccc(C4CCCCC4)cc3)nc12. The number of nitrogens with one attached hydrogen (secondary N) is 1. The molecule has 1 saturated carbocycles. The third kappa shape index (κ3) is 2.96. The number of hydrogen-bond donors (Lipinski definition) is 2. The first kappa shape index (κ1) is 17.0. The highest BCUT2D eigenvalue weighted by Gasteiger charge is 2.20. The molecule has 4 rings (SSSR count). The molecule has 0 bridgehead atoms. The minimum atomic E-state index is -1.15. The van der Waals surface area contributed by atoms with Crippen molar-refractivity contribution < 1.29 is 9.90 Å². The zero-order valence-corrected chi connectivity index (χ0v) is 15.6. The lowest BCUT2D eigenvalue weighted by Gasteiger charge is -2.22. The van der Waals surface area contributed by atoms with Gasteiger partial charge in [0.25, 0.3) is 5.56 Å². The van der Waals surface area contributed by atoms with Crippen molar-refractivity contribution in [2.24, 2.45) is 0 Å². The minimum absolute atomic E-state index is 0.0530. The van der Waals surface area contributed by atoms with Gasteiger partial charge in [-0.1, -0.05) is 43.5 Å². The Balaban J connectivity index is 1.75. The lowest BCUT2D eigenvalue weighted by Crippen LogP contribution is -2.15. The zero-order chi connectivity index (χ0) is 18.3. The molecule has 0 aliphatic heterocycles. The van der Waals surface area contributed by atoms with Gasteiger partial charge in [0.1, 0.15) is 10.2 Å². The van der Waals surface area contributed by atoms with Crippen molar-refractivity contribution in [3.63, 3.8) is 0 Å². The Morgan fingerprint density at radius 2 is 1.88 bits per heavy atom. The van der Waals surface area contributed by atoms with Crippen LogP contribution in [-0.2, 0) is 0 Å². The predicted molar refractivity (Wildman–Crippen MR) is 102 cm³/mol. The number of benzene rings is 1. The van der Waals surface area contributed by atoms with Gasteiger partial charge in [-0.25, -0.2) is 9.78 Å². The quantitative estimate of drug-likeness (QED) is 0.670. The maximum atomic E-state index is 12.4. The normalized spacial score (nSPS) is 15.4. The summed E-state index contributed by atoms with van der Waals surface area (Å²) in [6.07, 6.45) is 6.33. The van der Waals surface area contributed by atoms with Crippen LogP contribution in [-0.4, -0.2) is 25.7 Å². The van der Waals surface area contributed by atoms with Crippen molar-refractivity contribution in [3.8, 4) is 11.3 Å². The maximum absolute atomic E-state index is 12.4. The van der Waals surface area contributed by atoms with Crippen molar-refractivity contribution in [1.29, 1.82) is 0 Å². The van der Waals surface area contributed by atoms with E-state index in [-0.39, 0.29) is 21.4 Å². The summed E-state index contributed by atoms with van der Waals surface area (Å²) < 4.78 is 1.35. The Kier molecular flexibility index (Phi) is 4.40. The summed E-state index contributed by atoms with van der Waals surface area (Å²) in [5.41, 5.74) is 2.29. The van der Waals surface area contributed by atoms with Crippen LogP contribution in [0.3, 0.4) is 0 Å². The first-order valence-corrected chi connectivity index (χ1v) is 9.49. The Bertz CT molecular complexity index is 1030. The fourth-order valence-electron chi connectivity index (χ4n) is 3.71. The summed E-state index contributed by atoms with van der Waals surface area (Å²) in [7, 11) is 0. The van der Waals surface area contributed by atoms with Gasteiger partial charge in [-0.2, -0.15) is 4.52 Å². The van der Waals surface area contributed by atoms with Gasteiger partial charge in [-0.3, -0.25) is 9.89 Å². The monoisotopic (exact) mass is 415 g/mol. The largest absolute Gasteiger partial charge is 0.477 e. The molecule has 0 radical (unpaired) electrons. The molecule has 0 saturated heterocycles. The molecule has 1 aromatic carbocycles. The number of aromatic carboxylic acids is 1. The predicted octanol–water partition coefficient (Wildman–Crippen LogP) is 4.20. The Hall–Kier alpha value is -2.41. The molecule has 26 heavy (non-hydrogen) atoms. The molecule has 3 aromatic rings. The second-order valence-corrected chi connectivity index (χ2v) is 7.49. The molecule has 0 amide bonds. The number of carbonyl (C=O) groups is 1. The zero-order valence-electron chi connectivity index (χ0n) is 14.0. The van der Waals surface area contributed by atoms with Gasteiger partial charge in [0, 0.05) is 11.6 Å². The first-order chi connectivity index (χ1) is 12.5. The van der Waals surface area contributed by atoms with Crippen LogP contribution in [0.4, 0.5) is 0 Å². The van der Waals surface area contributed by atoms with E-state index in [9.17, 15) is 14.7 Å². The average molecular weight is 416 g/mol. The summed E-state index contributed by atoms with van der Waals surface area (Å²) in [6, 6.07) is 9.53. The molecule has 7 heteroatoms. The van der Waals surface area contributed by atoms with Crippen LogP contribution in [0.15, 0.2) is 39.7 Å². The summed E-state index contributed by atoms with van der Waals surface area (Å²) in [6.45, 7) is 0. The van der Waals surface area contributed by atoms with E-state index >= 15 is 0 Å². The van der Waals surface area contributed by atoms with Crippen molar-refractivity contribution in [3.05, 3.63) is 56.4 Å². The van der Waals surface area contributed by atoms with Gasteiger partial charge in [-0.05, 0) is 40.3 Å². The van der Waals surface area contributed by atoms with Crippen molar-refractivity contribution in [2.45, 2.75) is 38.0 Å². The van der Waals surface area contributed by atoms with Crippen molar-refractivity contribution in [2.75, 3.05) is 0 Å². The second-order valence-electron chi connectivity index (χ2n) is 6.70. The van der Waals surface area contributed by atoms with Crippen LogP contribution in [0.1, 0.15) is 53.9 Å². The highest BCUT2D eigenvalue weighted by Crippen LogP contribution is 2.33. The van der Waals surface area contributed by atoms with Crippen LogP contribution in [0.5, 0.6) is 0 Å². The van der Waals surface area contributed by atoms with Crippen molar-refractivity contribution in [1.82, 2.24) is 14.6 Å². The molecular weight excluding hydrogens is 398 g/mol. The van der Waals surface area contributed by atoms with Crippen molar-refractivity contribution >= 4 is 27.5 Å². The number of hydrogen-bond acceptors (Lipinski definition) is 3. The van der Waals surface area contributed by atoms with Gasteiger partial charge in [0.05, 0.1) is 5.69 Å². The maximum Gasteiger partial charge on any atom is 0.342 e. The van der Waals surface area contributed by atoms with Gasteiger partial charge in [0.2, 0.25) is 0 Å². The molecule has 1 aliphatic carbocycles. The van der Waals surface area contributed by atoms with Gasteiger partial charge in [0.15, 0.2) is 5.65 Å². The summed E-state index contributed by atoms with van der Waals surface area (Å²) in [4.78, 5) is 28.2. The Labute approximate surface area is 158 Å². The molecule has 1 aliphatic rings. The number of aromatic amines is 1. The van der Waals surface area contributed by atoms with E-state index in [4.69, 9.17) is 0 Å². The Morgan fingerprint density at radius 1 is 1.19 bits per heavy atom.